The fourth-order valence-corrected chi connectivity index (χ4v) is 2.18. The van der Waals surface area contributed by atoms with Crippen molar-refractivity contribution in [3.8, 4) is 17.2 Å². The molecule has 2 rings (SSSR count). The van der Waals surface area contributed by atoms with E-state index in [4.69, 9.17) is 19.9 Å². The van der Waals surface area contributed by atoms with E-state index in [1.807, 2.05) is 0 Å². The van der Waals surface area contributed by atoms with E-state index in [1.165, 1.54) is 7.11 Å². The zero-order valence-electron chi connectivity index (χ0n) is 11.6. The maximum absolute atomic E-state index is 11.8. The smallest absolute Gasteiger partial charge is 0.341 e. The summed E-state index contributed by atoms with van der Waals surface area (Å²) in [7, 11) is 2.88. The molecule has 21 heavy (non-hydrogen) atoms. The Morgan fingerprint density at radius 1 is 1.19 bits per heavy atom. The summed E-state index contributed by atoms with van der Waals surface area (Å²) in [6.07, 6.45) is 0. The van der Waals surface area contributed by atoms with E-state index in [1.54, 1.807) is 43.5 Å². The van der Waals surface area contributed by atoms with Gasteiger partial charge >= 0.3 is 5.97 Å². The number of benzene rings is 2. The number of nitrogens with two attached hydrogens (primary N) is 1. The highest BCUT2D eigenvalue weighted by atomic mass is 79.9. The average Bonchev–Trinajstić information content (AvgIpc) is 2.50. The van der Waals surface area contributed by atoms with Crippen LogP contribution in [0.5, 0.6) is 17.2 Å². The zero-order valence-corrected chi connectivity index (χ0v) is 13.1. The van der Waals surface area contributed by atoms with Crippen LogP contribution in [-0.4, -0.2) is 20.2 Å². The second kappa shape index (κ2) is 6.49. The van der Waals surface area contributed by atoms with Crippen molar-refractivity contribution in [3.63, 3.8) is 0 Å². The fraction of sp³-hybridized carbons (Fsp3) is 0.133. The first-order valence-electron chi connectivity index (χ1n) is 6.05. The fourth-order valence-electron chi connectivity index (χ4n) is 1.74. The normalized spacial score (nSPS) is 10.0. The number of para-hydroxylation sites is 1. The van der Waals surface area contributed by atoms with Gasteiger partial charge in [0, 0.05) is 0 Å². The van der Waals surface area contributed by atoms with Crippen molar-refractivity contribution in [2.45, 2.75) is 0 Å². The number of hydrogen-bond donors (Lipinski definition) is 1. The molecule has 0 unspecified atom stereocenters. The molecule has 0 amide bonds. The minimum Gasteiger partial charge on any atom is -0.497 e. The second-order valence-electron chi connectivity index (χ2n) is 4.11. The van der Waals surface area contributed by atoms with Gasteiger partial charge in [0.1, 0.15) is 17.1 Å². The summed E-state index contributed by atoms with van der Waals surface area (Å²) >= 11 is 3.39. The zero-order chi connectivity index (χ0) is 15.4. The van der Waals surface area contributed by atoms with Crippen LogP contribution in [0.15, 0.2) is 40.9 Å². The first-order chi connectivity index (χ1) is 10.1. The summed E-state index contributed by atoms with van der Waals surface area (Å²) in [5.74, 6) is 0.944. The molecule has 2 aromatic carbocycles. The Morgan fingerprint density at radius 3 is 2.57 bits per heavy atom. The largest absolute Gasteiger partial charge is 0.497 e. The van der Waals surface area contributed by atoms with Crippen LogP contribution in [0.3, 0.4) is 0 Å². The summed E-state index contributed by atoms with van der Waals surface area (Å²) in [6, 6.07) is 10.1. The molecule has 0 aliphatic carbocycles. The van der Waals surface area contributed by atoms with Crippen molar-refractivity contribution in [2.75, 3.05) is 20.0 Å². The summed E-state index contributed by atoms with van der Waals surface area (Å²) in [5, 5.41) is 0. The Morgan fingerprint density at radius 2 is 1.95 bits per heavy atom. The van der Waals surface area contributed by atoms with Gasteiger partial charge in [-0.25, -0.2) is 4.79 Å². The standard InChI is InChI=1S/C15H14BrNO4/c1-19-9-6-7-13(11(16)8-9)21-14-10(15(18)20-2)4-3-5-12(14)17/h3-8H,17H2,1-2H3. The number of rotatable bonds is 4. The van der Waals surface area contributed by atoms with Gasteiger partial charge in [0.2, 0.25) is 0 Å². The average molecular weight is 352 g/mol. The minimum absolute atomic E-state index is 0.259. The quantitative estimate of drug-likeness (QED) is 0.672. The highest BCUT2D eigenvalue weighted by molar-refractivity contribution is 9.10. The lowest BCUT2D eigenvalue weighted by atomic mass is 10.1. The van der Waals surface area contributed by atoms with Crippen LogP contribution in [0.2, 0.25) is 0 Å². The molecule has 110 valence electrons. The van der Waals surface area contributed by atoms with E-state index < -0.39 is 5.97 Å². The van der Waals surface area contributed by atoms with Gasteiger partial charge < -0.3 is 19.9 Å². The van der Waals surface area contributed by atoms with Crippen molar-refractivity contribution >= 4 is 27.6 Å². The van der Waals surface area contributed by atoms with Gasteiger partial charge in [0.25, 0.3) is 0 Å². The third-order valence-electron chi connectivity index (χ3n) is 2.80. The number of carbonyl (C=O) groups excluding carboxylic acids is 1. The summed E-state index contributed by atoms with van der Waals surface area (Å²) in [5.41, 5.74) is 6.51. The molecular weight excluding hydrogens is 338 g/mol. The van der Waals surface area contributed by atoms with Crippen LogP contribution < -0.4 is 15.2 Å². The molecule has 0 heterocycles. The number of nitrogen functional groups attached to an aromatic ring is 1. The Bertz CT molecular complexity index is 673. The Kier molecular flexibility index (Phi) is 4.70. The predicted molar refractivity (Wildman–Crippen MR) is 83.0 cm³/mol. The van der Waals surface area contributed by atoms with E-state index in [-0.39, 0.29) is 11.3 Å². The van der Waals surface area contributed by atoms with Crippen LogP contribution in [0.25, 0.3) is 0 Å². The van der Waals surface area contributed by atoms with Crippen molar-refractivity contribution in [3.05, 3.63) is 46.4 Å². The molecule has 0 radical (unpaired) electrons. The predicted octanol–water partition coefficient (Wildman–Crippen LogP) is 3.62. The first kappa shape index (κ1) is 15.2. The Labute approximate surface area is 130 Å². The van der Waals surface area contributed by atoms with Gasteiger partial charge in [-0.15, -0.1) is 0 Å². The number of esters is 1. The summed E-state index contributed by atoms with van der Waals surface area (Å²) < 4.78 is 16.3. The number of hydrogen-bond acceptors (Lipinski definition) is 5. The lowest BCUT2D eigenvalue weighted by Crippen LogP contribution is -2.05. The molecule has 0 saturated carbocycles. The Balaban J connectivity index is 2.42. The molecule has 0 saturated heterocycles. The summed E-state index contributed by atoms with van der Waals surface area (Å²) in [6.45, 7) is 0. The number of carbonyl (C=O) groups is 1. The van der Waals surface area contributed by atoms with E-state index in [2.05, 4.69) is 15.9 Å². The Hall–Kier alpha value is -2.21. The summed E-state index contributed by atoms with van der Waals surface area (Å²) in [4.78, 5) is 11.8. The van der Waals surface area contributed by atoms with E-state index in [0.29, 0.717) is 21.7 Å². The minimum atomic E-state index is -0.512. The van der Waals surface area contributed by atoms with Crippen molar-refractivity contribution in [2.24, 2.45) is 0 Å². The van der Waals surface area contributed by atoms with E-state index >= 15 is 0 Å². The molecule has 0 aliphatic rings. The molecule has 0 atom stereocenters. The van der Waals surface area contributed by atoms with Crippen LogP contribution >= 0.6 is 15.9 Å². The van der Waals surface area contributed by atoms with Crippen LogP contribution in [0.4, 0.5) is 5.69 Å². The number of ether oxygens (including phenoxy) is 3. The molecule has 6 heteroatoms. The highest BCUT2D eigenvalue weighted by Gasteiger charge is 2.17. The molecule has 0 spiro atoms. The van der Waals surface area contributed by atoms with Crippen molar-refractivity contribution in [1.82, 2.24) is 0 Å². The molecule has 0 aromatic heterocycles. The van der Waals surface area contributed by atoms with Gasteiger partial charge in [-0.3, -0.25) is 0 Å². The third-order valence-corrected chi connectivity index (χ3v) is 3.42. The highest BCUT2D eigenvalue weighted by Crippen LogP contribution is 2.37. The maximum atomic E-state index is 11.8. The SMILES string of the molecule is COC(=O)c1cccc(N)c1Oc1ccc(OC)cc1Br. The number of anilines is 1. The van der Waals surface area contributed by atoms with E-state index in [9.17, 15) is 4.79 Å². The van der Waals surface area contributed by atoms with Crippen LogP contribution in [-0.2, 0) is 4.74 Å². The number of halogens is 1. The lowest BCUT2D eigenvalue weighted by Gasteiger charge is -2.14. The maximum Gasteiger partial charge on any atom is 0.341 e. The van der Waals surface area contributed by atoms with E-state index in [0.717, 1.165) is 0 Å². The number of methoxy groups -OCH3 is 2. The van der Waals surface area contributed by atoms with Gasteiger partial charge in [-0.2, -0.15) is 0 Å². The first-order valence-corrected chi connectivity index (χ1v) is 6.84. The molecular formula is C15H14BrNO4. The van der Waals surface area contributed by atoms with Crippen molar-refractivity contribution < 1.29 is 19.0 Å². The molecule has 2 N–H and O–H groups in total. The molecule has 2 aromatic rings. The van der Waals surface area contributed by atoms with Gasteiger partial charge in [-0.1, -0.05) is 6.07 Å². The molecule has 0 aliphatic heterocycles. The van der Waals surface area contributed by atoms with Crippen molar-refractivity contribution in [1.29, 1.82) is 0 Å². The van der Waals surface area contributed by atoms with Gasteiger partial charge in [0.05, 0.1) is 24.4 Å². The van der Waals surface area contributed by atoms with Gasteiger partial charge in [0.15, 0.2) is 5.75 Å². The third kappa shape index (κ3) is 3.28. The molecule has 0 fully saturated rings. The topological polar surface area (TPSA) is 70.8 Å². The van der Waals surface area contributed by atoms with Crippen LogP contribution in [0.1, 0.15) is 10.4 Å². The molecule has 5 nitrogen and oxygen atoms in total. The van der Waals surface area contributed by atoms with Gasteiger partial charge in [-0.05, 0) is 46.3 Å². The lowest BCUT2D eigenvalue weighted by molar-refractivity contribution is 0.0598. The van der Waals surface area contributed by atoms with Crippen LogP contribution in [0, 0.1) is 0 Å². The monoisotopic (exact) mass is 351 g/mol. The molecule has 0 bridgehead atoms. The second-order valence-corrected chi connectivity index (χ2v) is 4.97.